The van der Waals surface area contributed by atoms with E-state index < -0.39 is 0 Å². The van der Waals surface area contributed by atoms with E-state index in [1.165, 1.54) is 22.9 Å². The number of pyridine rings is 1. The highest BCUT2D eigenvalue weighted by Gasteiger charge is 2.07. The van der Waals surface area contributed by atoms with E-state index in [1.54, 1.807) is 0 Å². The highest BCUT2D eigenvalue weighted by Crippen LogP contribution is 1.95. The Morgan fingerprint density at radius 1 is 1.56 bits per heavy atom. The van der Waals surface area contributed by atoms with Crippen molar-refractivity contribution < 1.29 is 9.53 Å². The van der Waals surface area contributed by atoms with Crippen LogP contribution in [0.1, 0.15) is 13.8 Å². The Kier molecular flexibility index (Phi) is 5.38. The van der Waals surface area contributed by atoms with Crippen molar-refractivity contribution in [1.82, 2.24) is 9.88 Å². The predicted molar refractivity (Wildman–Crippen MR) is 69.2 cm³/mol. The molecule has 0 bridgehead atoms. The molecule has 1 unspecified atom stereocenters. The number of nitrogen functional groups attached to an aromatic ring is 1. The van der Waals surface area contributed by atoms with Gasteiger partial charge in [0.05, 0.1) is 6.10 Å². The minimum Gasteiger partial charge on any atom is -0.398 e. The summed E-state index contributed by atoms with van der Waals surface area (Å²) in [5.74, 6) is -0.241. The fourth-order valence-electron chi connectivity index (χ4n) is 1.49. The third-order valence-corrected chi connectivity index (χ3v) is 2.36. The molecule has 0 spiro atoms. The Balaban J connectivity index is 2.49. The van der Waals surface area contributed by atoms with E-state index in [2.05, 4.69) is 5.32 Å². The van der Waals surface area contributed by atoms with E-state index in [9.17, 15) is 9.59 Å². The Hall–Kier alpha value is -1.82. The number of aromatic nitrogens is 1. The summed E-state index contributed by atoms with van der Waals surface area (Å²) in [6.07, 6.45) is 1.41. The second-order valence-corrected chi connectivity index (χ2v) is 4.00. The summed E-state index contributed by atoms with van der Waals surface area (Å²) in [6, 6.07) is 2.85. The van der Waals surface area contributed by atoms with Crippen LogP contribution in [0.5, 0.6) is 0 Å². The van der Waals surface area contributed by atoms with Crippen molar-refractivity contribution in [2.75, 3.05) is 18.9 Å². The van der Waals surface area contributed by atoms with Crippen molar-refractivity contribution in [3.63, 3.8) is 0 Å². The van der Waals surface area contributed by atoms with Crippen molar-refractivity contribution in [3.8, 4) is 0 Å². The zero-order valence-corrected chi connectivity index (χ0v) is 10.7. The molecule has 1 atom stereocenters. The zero-order valence-electron chi connectivity index (χ0n) is 10.7. The van der Waals surface area contributed by atoms with Crippen LogP contribution in [-0.2, 0) is 16.1 Å². The lowest BCUT2D eigenvalue weighted by atomic mass is 10.4. The van der Waals surface area contributed by atoms with Crippen LogP contribution in [-0.4, -0.2) is 29.7 Å². The maximum Gasteiger partial charge on any atom is 0.251 e. The van der Waals surface area contributed by atoms with E-state index in [0.29, 0.717) is 18.8 Å². The molecule has 0 aliphatic heterocycles. The maximum atomic E-state index is 11.6. The first-order valence-electron chi connectivity index (χ1n) is 5.87. The average Bonchev–Trinajstić information content (AvgIpc) is 2.32. The largest absolute Gasteiger partial charge is 0.398 e. The maximum absolute atomic E-state index is 11.6. The van der Waals surface area contributed by atoms with Gasteiger partial charge in [-0.15, -0.1) is 0 Å². The highest BCUT2D eigenvalue weighted by molar-refractivity contribution is 5.75. The minimum atomic E-state index is -0.253. The number of amides is 1. The van der Waals surface area contributed by atoms with Gasteiger partial charge in [-0.05, 0) is 19.9 Å². The Bertz CT molecular complexity index is 456. The molecule has 0 saturated heterocycles. The molecule has 0 aliphatic carbocycles. The first-order valence-corrected chi connectivity index (χ1v) is 5.87. The molecule has 6 nitrogen and oxygen atoms in total. The SMILES string of the molecule is CCOC(C)CNC(=O)Cn1cc(N)ccc1=O. The van der Waals surface area contributed by atoms with Crippen LogP contribution >= 0.6 is 0 Å². The van der Waals surface area contributed by atoms with Gasteiger partial charge in [-0.2, -0.15) is 0 Å². The number of nitrogens with one attached hydrogen (secondary N) is 1. The highest BCUT2D eigenvalue weighted by atomic mass is 16.5. The molecule has 1 heterocycles. The fraction of sp³-hybridized carbons (Fsp3) is 0.500. The number of nitrogens with two attached hydrogens (primary N) is 1. The van der Waals surface area contributed by atoms with Gasteiger partial charge in [-0.25, -0.2) is 0 Å². The van der Waals surface area contributed by atoms with Gasteiger partial charge >= 0.3 is 0 Å². The summed E-state index contributed by atoms with van der Waals surface area (Å²) in [6.45, 7) is 4.75. The fourth-order valence-corrected chi connectivity index (χ4v) is 1.49. The zero-order chi connectivity index (χ0) is 13.5. The summed E-state index contributed by atoms with van der Waals surface area (Å²) >= 11 is 0. The number of nitrogens with zero attached hydrogens (tertiary/aromatic N) is 1. The second kappa shape index (κ2) is 6.80. The third-order valence-electron chi connectivity index (χ3n) is 2.36. The Morgan fingerprint density at radius 3 is 2.94 bits per heavy atom. The lowest BCUT2D eigenvalue weighted by molar-refractivity contribution is -0.122. The van der Waals surface area contributed by atoms with E-state index in [-0.39, 0.29) is 24.1 Å². The van der Waals surface area contributed by atoms with E-state index >= 15 is 0 Å². The van der Waals surface area contributed by atoms with Gasteiger partial charge in [0.2, 0.25) is 5.91 Å². The molecule has 0 saturated carbocycles. The summed E-state index contributed by atoms with van der Waals surface area (Å²) in [7, 11) is 0. The molecule has 0 aliphatic rings. The lowest BCUT2D eigenvalue weighted by Gasteiger charge is -2.13. The van der Waals surface area contributed by atoms with Gasteiger partial charge in [0.1, 0.15) is 6.54 Å². The molecular weight excluding hydrogens is 234 g/mol. The smallest absolute Gasteiger partial charge is 0.251 e. The van der Waals surface area contributed by atoms with Crippen molar-refractivity contribution in [2.45, 2.75) is 26.5 Å². The number of anilines is 1. The van der Waals surface area contributed by atoms with Gasteiger partial charge < -0.3 is 20.4 Å². The second-order valence-electron chi connectivity index (χ2n) is 4.00. The van der Waals surface area contributed by atoms with E-state index in [0.717, 1.165) is 0 Å². The first-order chi connectivity index (χ1) is 8.52. The summed E-state index contributed by atoms with van der Waals surface area (Å²) < 4.78 is 6.56. The Labute approximate surface area is 106 Å². The number of carbonyl (C=O) groups excluding carboxylic acids is 1. The topological polar surface area (TPSA) is 86.3 Å². The van der Waals surface area contributed by atoms with Crippen molar-refractivity contribution in [2.24, 2.45) is 0 Å². The molecule has 0 aromatic carbocycles. The van der Waals surface area contributed by atoms with Crippen molar-refractivity contribution in [3.05, 3.63) is 28.7 Å². The summed E-state index contributed by atoms with van der Waals surface area (Å²) in [5.41, 5.74) is 5.75. The number of hydrogen-bond acceptors (Lipinski definition) is 4. The van der Waals surface area contributed by atoms with Crippen molar-refractivity contribution >= 4 is 11.6 Å². The van der Waals surface area contributed by atoms with Gasteiger partial charge in [-0.3, -0.25) is 9.59 Å². The standard InChI is InChI=1S/C12H19N3O3/c1-3-18-9(2)6-14-11(16)8-15-7-10(13)4-5-12(15)17/h4-5,7,9H,3,6,8,13H2,1-2H3,(H,14,16). The third kappa shape index (κ3) is 4.58. The van der Waals surface area contributed by atoms with E-state index in [4.69, 9.17) is 10.5 Å². The summed E-state index contributed by atoms with van der Waals surface area (Å²) in [4.78, 5) is 23.1. The number of rotatable bonds is 6. The Morgan fingerprint density at radius 2 is 2.28 bits per heavy atom. The number of hydrogen-bond donors (Lipinski definition) is 2. The van der Waals surface area contributed by atoms with Crippen LogP contribution in [0.4, 0.5) is 5.69 Å². The van der Waals surface area contributed by atoms with Crippen LogP contribution in [0.15, 0.2) is 23.1 Å². The molecule has 1 aromatic heterocycles. The minimum absolute atomic E-state index is 0.0390. The molecule has 0 fully saturated rings. The summed E-state index contributed by atoms with van der Waals surface area (Å²) in [5, 5.41) is 2.70. The van der Waals surface area contributed by atoms with Crippen LogP contribution in [0.25, 0.3) is 0 Å². The normalized spacial score (nSPS) is 12.1. The molecule has 1 amide bonds. The molecule has 3 N–H and O–H groups in total. The first kappa shape index (κ1) is 14.2. The van der Waals surface area contributed by atoms with Crippen LogP contribution < -0.4 is 16.6 Å². The van der Waals surface area contributed by atoms with E-state index in [1.807, 2.05) is 13.8 Å². The van der Waals surface area contributed by atoms with Gasteiger partial charge in [-0.1, -0.05) is 0 Å². The monoisotopic (exact) mass is 253 g/mol. The van der Waals surface area contributed by atoms with Crippen LogP contribution in [0.3, 0.4) is 0 Å². The van der Waals surface area contributed by atoms with Gasteiger partial charge in [0.15, 0.2) is 0 Å². The molecule has 6 heteroatoms. The molecule has 18 heavy (non-hydrogen) atoms. The molecule has 100 valence electrons. The molecule has 1 aromatic rings. The lowest BCUT2D eigenvalue weighted by Crippen LogP contribution is -2.36. The van der Waals surface area contributed by atoms with Crippen LogP contribution in [0, 0.1) is 0 Å². The molecular formula is C12H19N3O3. The van der Waals surface area contributed by atoms with Gasteiger partial charge in [0.25, 0.3) is 5.56 Å². The van der Waals surface area contributed by atoms with Crippen LogP contribution in [0.2, 0.25) is 0 Å². The average molecular weight is 253 g/mol. The van der Waals surface area contributed by atoms with Crippen molar-refractivity contribution in [1.29, 1.82) is 0 Å². The predicted octanol–water partition coefficient (Wildman–Crippen LogP) is -0.0283. The molecule has 1 rings (SSSR count). The number of carbonyl (C=O) groups is 1. The van der Waals surface area contributed by atoms with Gasteiger partial charge in [0, 0.05) is 31.1 Å². The number of ether oxygens (including phenoxy) is 1. The quantitative estimate of drug-likeness (QED) is 0.745. The molecule has 0 radical (unpaired) electrons.